The fraction of sp³-hybridized carbons (Fsp3) is 0.348. The van der Waals surface area contributed by atoms with Crippen LogP contribution in [0.5, 0.6) is 0 Å². The van der Waals surface area contributed by atoms with Crippen molar-refractivity contribution in [2.75, 3.05) is 37.6 Å². The largest absolute Gasteiger partial charge is 0.339 e. The highest BCUT2D eigenvalue weighted by Gasteiger charge is 2.38. The lowest BCUT2D eigenvalue weighted by molar-refractivity contribution is -0.137. The Labute approximate surface area is 170 Å². The van der Waals surface area contributed by atoms with Crippen LogP contribution in [0, 0.1) is 12.8 Å². The number of anilines is 1. The molecule has 29 heavy (non-hydrogen) atoms. The Bertz CT molecular complexity index is 903. The highest BCUT2D eigenvalue weighted by atomic mass is 16.2. The normalized spacial score (nSPS) is 19.6. The molecule has 1 unspecified atom stereocenters. The highest BCUT2D eigenvalue weighted by molar-refractivity contribution is 6.00. The molecule has 2 aliphatic rings. The van der Waals surface area contributed by atoms with Gasteiger partial charge in [0, 0.05) is 50.4 Å². The van der Waals surface area contributed by atoms with E-state index in [9.17, 15) is 14.4 Å². The van der Waals surface area contributed by atoms with E-state index in [0.717, 1.165) is 11.3 Å². The zero-order chi connectivity index (χ0) is 20.4. The van der Waals surface area contributed by atoms with E-state index >= 15 is 0 Å². The third-order valence-electron chi connectivity index (χ3n) is 5.72. The van der Waals surface area contributed by atoms with E-state index in [1.807, 2.05) is 61.5 Å². The second-order valence-electron chi connectivity index (χ2n) is 7.72. The molecule has 1 atom stereocenters. The van der Waals surface area contributed by atoms with E-state index in [2.05, 4.69) is 0 Å². The summed E-state index contributed by atoms with van der Waals surface area (Å²) in [5.41, 5.74) is 2.65. The fourth-order valence-corrected chi connectivity index (χ4v) is 4.00. The number of aryl methyl sites for hydroxylation is 1. The first-order valence-electron chi connectivity index (χ1n) is 10.0. The van der Waals surface area contributed by atoms with E-state index in [4.69, 9.17) is 0 Å². The smallest absolute Gasteiger partial charge is 0.253 e. The number of piperazine rings is 1. The third-order valence-corrected chi connectivity index (χ3v) is 5.72. The van der Waals surface area contributed by atoms with Crippen LogP contribution < -0.4 is 4.90 Å². The number of hydrogen-bond acceptors (Lipinski definition) is 3. The van der Waals surface area contributed by atoms with Crippen LogP contribution in [-0.4, -0.2) is 60.2 Å². The molecule has 2 heterocycles. The number of hydrogen-bond donors (Lipinski definition) is 0. The first kappa shape index (κ1) is 19.2. The lowest BCUT2D eigenvalue weighted by Gasteiger charge is -2.36. The molecule has 0 aromatic heterocycles. The van der Waals surface area contributed by atoms with Gasteiger partial charge in [0.25, 0.3) is 5.91 Å². The van der Waals surface area contributed by atoms with E-state index in [1.54, 1.807) is 14.7 Å². The number of benzene rings is 2. The Kier molecular flexibility index (Phi) is 5.34. The van der Waals surface area contributed by atoms with E-state index in [-0.39, 0.29) is 30.1 Å². The van der Waals surface area contributed by atoms with Crippen LogP contribution in [-0.2, 0) is 9.59 Å². The minimum atomic E-state index is -0.319. The summed E-state index contributed by atoms with van der Waals surface area (Å²) < 4.78 is 0. The van der Waals surface area contributed by atoms with Gasteiger partial charge in [0.2, 0.25) is 11.8 Å². The molecule has 0 saturated carbocycles. The number of nitrogens with zero attached hydrogens (tertiary/aromatic N) is 3. The second-order valence-corrected chi connectivity index (χ2v) is 7.72. The molecular formula is C23H25N3O3. The van der Waals surface area contributed by atoms with E-state index in [0.29, 0.717) is 38.3 Å². The third kappa shape index (κ3) is 4.01. The molecule has 0 radical (unpaired) electrons. The van der Waals surface area contributed by atoms with Crippen molar-refractivity contribution in [3.05, 3.63) is 65.7 Å². The summed E-state index contributed by atoms with van der Waals surface area (Å²) in [4.78, 5) is 43.3. The second kappa shape index (κ2) is 8.07. The van der Waals surface area contributed by atoms with Crippen molar-refractivity contribution < 1.29 is 14.4 Å². The Morgan fingerprint density at radius 2 is 1.48 bits per heavy atom. The molecule has 150 valence electrons. The van der Waals surface area contributed by atoms with Crippen LogP contribution >= 0.6 is 0 Å². The summed E-state index contributed by atoms with van der Waals surface area (Å²) in [6, 6.07) is 17.0. The molecule has 2 aromatic carbocycles. The average Bonchev–Trinajstić information content (AvgIpc) is 3.15. The zero-order valence-corrected chi connectivity index (χ0v) is 16.6. The van der Waals surface area contributed by atoms with Gasteiger partial charge in [-0.25, -0.2) is 0 Å². The minimum absolute atomic E-state index is 0.000658. The first-order chi connectivity index (χ1) is 14.0. The van der Waals surface area contributed by atoms with Gasteiger partial charge in [-0.1, -0.05) is 35.9 Å². The van der Waals surface area contributed by atoms with E-state index < -0.39 is 0 Å². The predicted molar refractivity (Wildman–Crippen MR) is 111 cm³/mol. The zero-order valence-electron chi connectivity index (χ0n) is 16.6. The van der Waals surface area contributed by atoms with Crippen LogP contribution in [0.4, 0.5) is 5.69 Å². The molecule has 6 heteroatoms. The van der Waals surface area contributed by atoms with Crippen LogP contribution in [0.1, 0.15) is 22.3 Å². The minimum Gasteiger partial charge on any atom is -0.339 e. The maximum absolute atomic E-state index is 13.0. The van der Waals surface area contributed by atoms with Crippen LogP contribution in [0.3, 0.4) is 0 Å². The molecule has 2 aromatic rings. The number of amides is 3. The van der Waals surface area contributed by atoms with Crippen LogP contribution in [0.25, 0.3) is 0 Å². The Balaban J connectivity index is 1.34. The van der Waals surface area contributed by atoms with Crippen molar-refractivity contribution in [2.24, 2.45) is 5.92 Å². The summed E-state index contributed by atoms with van der Waals surface area (Å²) in [5, 5.41) is 0. The lowest BCUT2D eigenvalue weighted by atomic mass is 10.1. The maximum Gasteiger partial charge on any atom is 0.253 e. The molecular weight excluding hydrogens is 366 g/mol. The molecule has 0 N–H and O–H groups in total. The maximum atomic E-state index is 13.0. The number of carbonyl (C=O) groups excluding carboxylic acids is 3. The summed E-state index contributed by atoms with van der Waals surface area (Å²) in [6.07, 6.45) is 0.246. The van der Waals surface area contributed by atoms with Gasteiger partial charge in [0.15, 0.2) is 0 Å². The van der Waals surface area contributed by atoms with Crippen LogP contribution in [0.2, 0.25) is 0 Å². The van der Waals surface area contributed by atoms with Gasteiger partial charge in [0.05, 0.1) is 5.92 Å². The summed E-state index contributed by atoms with van der Waals surface area (Å²) in [7, 11) is 0. The summed E-state index contributed by atoms with van der Waals surface area (Å²) >= 11 is 0. The van der Waals surface area contributed by atoms with Gasteiger partial charge < -0.3 is 14.7 Å². The van der Waals surface area contributed by atoms with Crippen molar-refractivity contribution in [3.8, 4) is 0 Å². The van der Waals surface area contributed by atoms with Crippen molar-refractivity contribution in [3.63, 3.8) is 0 Å². The molecule has 0 aliphatic carbocycles. The summed E-state index contributed by atoms with van der Waals surface area (Å²) in [6.45, 7) is 4.47. The van der Waals surface area contributed by atoms with Crippen molar-refractivity contribution >= 4 is 23.4 Å². The molecule has 2 saturated heterocycles. The van der Waals surface area contributed by atoms with Gasteiger partial charge in [-0.2, -0.15) is 0 Å². The molecule has 0 bridgehead atoms. The van der Waals surface area contributed by atoms with Crippen molar-refractivity contribution in [2.45, 2.75) is 13.3 Å². The van der Waals surface area contributed by atoms with Crippen molar-refractivity contribution in [1.82, 2.24) is 9.80 Å². The molecule has 2 fully saturated rings. The number of rotatable bonds is 3. The Morgan fingerprint density at radius 3 is 2.14 bits per heavy atom. The monoisotopic (exact) mass is 391 g/mol. The lowest BCUT2D eigenvalue weighted by Crippen LogP contribution is -2.52. The van der Waals surface area contributed by atoms with Gasteiger partial charge >= 0.3 is 0 Å². The first-order valence-corrected chi connectivity index (χ1v) is 10.0. The highest BCUT2D eigenvalue weighted by Crippen LogP contribution is 2.27. The Hall–Kier alpha value is -3.15. The molecule has 0 spiro atoms. The predicted octanol–water partition coefficient (Wildman–Crippen LogP) is 2.33. The Morgan fingerprint density at radius 1 is 0.862 bits per heavy atom. The van der Waals surface area contributed by atoms with Gasteiger partial charge in [-0.15, -0.1) is 0 Å². The number of carbonyl (C=O) groups is 3. The topological polar surface area (TPSA) is 60.9 Å². The molecule has 4 rings (SSSR count). The van der Waals surface area contributed by atoms with Gasteiger partial charge in [-0.3, -0.25) is 14.4 Å². The quantitative estimate of drug-likeness (QED) is 0.807. The standard InChI is InChI=1S/C23H25N3O3/c1-17-7-9-20(10-8-17)26-16-19(15-21(26)27)23(29)25-13-11-24(12-14-25)22(28)18-5-3-2-4-6-18/h2-10,19H,11-16H2,1H3. The van der Waals surface area contributed by atoms with E-state index in [1.165, 1.54) is 0 Å². The van der Waals surface area contributed by atoms with Gasteiger partial charge in [-0.05, 0) is 31.2 Å². The van der Waals surface area contributed by atoms with Gasteiger partial charge in [0.1, 0.15) is 0 Å². The van der Waals surface area contributed by atoms with Crippen LogP contribution in [0.15, 0.2) is 54.6 Å². The SMILES string of the molecule is Cc1ccc(N2CC(C(=O)N3CCN(C(=O)c4ccccc4)CC3)CC2=O)cc1. The molecule has 2 aliphatic heterocycles. The summed E-state index contributed by atoms with van der Waals surface area (Å²) in [5.74, 6) is -0.315. The molecule has 3 amide bonds. The van der Waals surface area contributed by atoms with Crippen molar-refractivity contribution in [1.29, 1.82) is 0 Å². The average molecular weight is 391 g/mol. The molecule has 6 nitrogen and oxygen atoms in total. The fourth-order valence-electron chi connectivity index (χ4n) is 4.00.